The highest BCUT2D eigenvalue weighted by atomic mass is 14.9. The van der Waals surface area contributed by atoms with E-state index in [1.165, 1.54) is 51.4 Å². The first-order chi connectivity index (χ1) is 6.40. The molecule has 2 saturated carbocycles. The molecule has 1 heteroatoms. The molecule has 2 fully saturated rings. The highest BCUT2D eigenvalue weighted by Gasteiger charge is 2.30. The Morgan fingerprint density at radius 3 is 2.38 bits per heavy atom. The molecule has 0 radical (unpaired) electrons. The van der Waals surface area contributed by atoms with Crippen molar-refractivity contribution in [3.8, 4) is 0 Å². The molecule has 2 aliphatic rings. The van der Waals surface area contributed by atoms with Crippen molar-refractivity contribution in [1.29, 1.82) is 0 Å². The standard InChI is InChI=1S/C12H23N/c1-13-12-8-7-10-5-3-2-4-6-11(10)9-12/h10-13H,2-9H2,1H3. The van der Waals surface area contributed by atoms with Gasteiger partial charge in [-0.25, -0.2) is 0 Å². The maximum Gasteiger partial charge on any atom is 0.00669 e. The monoisotopic (exact) mass is 181 g/mol. The summed E-state index contributed by atoms with van der Waals surface area (Å²) in [4.78, 5) is 0. The van der Waals surface area contributed by atoms with Crippen molar-refractivity contribution < 1.29 is 0 Å². The zero-order valence-corrected chi connectivity index (χ0v) is 8.89. The van der Waals surface area contributed by atoms with Crippen LogP contribution in [0.5, 0.6) is 0 Å². The normalized spacial score (nSPS) is 40.8. The van der Waals surface area contributed by atoms with Gasteiger partial charge in [0.1, 0.15) is 0 Å². The summed E-state index contributed by atoms with van der Waals surface area (Å²) in [6.45, 7) is 0. The molecule has 2 aliphatic carbocycles. The molecule has 0 spiro atoms. The average Bonchev–Trinajstić information content (AvgIpc) is 2.41. The van der Waals surface area contributed by atoms with Gasteiger partial charge in [0.05, 0.1) is 0 Å². The Kier molecular flexibility index (Phi) is 3.26. The van der Waals surface area contributed by atoms with Gasteiger partial charge < -0.3 is 5.32 Å². The molecule has 0 aromatic heterocycles. The zero-order chi connectivity index (χ0) is 9.10. The van der Waals surface area contributed by atoms with Crippen molar-refractivity contribution in [3.05, 3.63) is 0 Å². The van der Waals surface area contributed by atoms with Crippen LogP contribution in [0.25, 0.3) is 0 Å². The minimum absolute atomic E-state index is 0.833. The van der Waals surface area contributed by atoms with Gasteiger partial charge in [-0.1, -0.05) is 32.1 Å². The minimum Gasteiger partial charge on any atom is -0.317 e. The lowest BCUT2D eigenvalue weighted by atomic mass is 9.74. The van der Waals surface area contributed by atoms with Crippen LogP contribution in [-0.2, 0) is 0 Å². The smallest absolute Gasteiger partial charge is 0.00669 e. The van der Waals surface area contributed by atoms with Gasteiger partial charge >= 0.3 is 0 Å². The largest absolute Gasteiger partial charge is 0.317 e. The van der Waals surface area contributed by atoms with E-state index in [0.29, 0.717) is 0 Å². The Bertz CT molecular complexity index is 155. The molecule has 0 heterocycles. The number of hydrogen-bond acceptors (Lipinski definition) is 1. The van der Waals surface area contributed by atoms with E-state index < -0.39 is 0 Å². The summed E-state index contributed by atoms with van der Waals surface area (Å²) in [5.74, 6) is 2.15. The molecular formula is C12H23N. The maximum atomic E-state index is 3.46. The first-order valence-corrected chi connectivity index (χ1v) is 6.07. The lowest BCUT2D eigenvalue weighted by Gasteiger charge is -2.35. The van der Waals surface area contributed by atoms with Crippen LogP contribution in [0.3, 0.4) is 0 Å². The molecule has 0 bridgehead atoms. The summed E-state index contributed by atoms with van der Waals surface area (Å²) < 4.78 is 0. The van der Waals surface area contributed by atoms with E-state index >= 15 is 0 Å². The minimum atomic E-state index is 0.833. The van der Waals surface area contributed by atoms with Crippen molar-refractivity contribution in [2.45, 2.75) is 57.4 Å². The summed E-state index contributed by atoms with van der Waals surface area (Å²) in [6, 6.07) is 0.833. The van der Waals surface area contributed by atoms with Crippen LogP contribution in [-0.4, -0.2) is 13.1 Å². The van der Waals surface area contributed by atoms with Gasteiger partial charge in [0.15, 0.2) is 0 Å². The Morgan fingerprint density at radius 2 is 1.62 bits per heavy atom. The number of rotatable bonds is 1. The third-order valence-electron chi connectivity index (χ3n) is 4.20. The molecule has 2 rings (SSSR count). The van der Waals surface area contributed by atoms with Gasteiger partial charge in [0, 0.05) is 6.04 Å². The van der Waals surface area contributed by atoms with Crippen LogP contribution < -0.4 is 5.32 Å². The molecule has 1 nitrogen and oxygen atoms in total. The predicted octanol–water partition coefficient (Wildman–Crippen LogP) is 2.95. The van der Waals surface area contributed by atoms with Gasteiger partial charge in [-0.3, -0.25) is 0 Å². The van der Waals surface area contributed by atoms with Crippen LogP contribution in [0.4, 0.5) is 0 Å². The second kappa shape index (κ2) is 4.45. The summed E-state index contributed by atoms with van der Waals surface area (Å²) >= 11 is 0. The lowest BCUT2D eigenvalue weighted by Crippen LogP contribution is -2.35. The fourth-order valence-corrected chi connectivity index (χ4v) is 3.31. The molecule has 1 N–H and O–H groups in total. The molecule has 0 saturated heterocycles. The van der Waals surface area contributed by atoms with Crippen LogP contribution in [0.15, 0.2) is 0 Å². The molecule has 0 aromatic rings. The summed E-state index contributed by atoms with van der Waals surface area (Å²) in [5, 5.41) is 3.46. The Labute approximate surface area is 82.3 Å². The highest BCUT2D eigenvalue weighted by molar-refractivity contribution is 4.84. The second-order valence-electron chi connectivity index (χ2n) is 4.96. The molecule has 0 amide bonds. The SMILES string of the molecule is CNC1CCC2CCCCCC2C1. The molecule has 13 heavy (non-hydrogen) atoms. The summed E-state index contributed by atoms with van der Waals surface area (Å²) in [7, 11) is 2.13. The molecular weight excluding hydrogens is 158 g/mol. The van der Waals surface area contributed by atoms with E-state index in [4.69, 9.17) is 0 Å². The van der Waals surface area contributed by atoms with E-state index in [9.17, 15) is 0 Å². The van der Waals surface area contributed by atoms with Crippen molar-refractivity contribution in [3.63, 3.8) is 0 Å². The quantitative estimate of drug-likeness (QED) is 0.656. The first-order valence-electron chi connectivity index (χ1n) is 6.07. The maximum absolute atomic E-state index is 3.46. The second-order valence-corrected chi connectivity index (χ2v) is 4.96. The van der Waals surface area contributed by atoms with E-state index in [2.05, 4.69) is 12.4 Å². The lowest BCUT2D eigenvalue weighted by molar-refractivity contribution is 0.190. The summed E-state index contributed by atoms with van der Waals surface area (Å²) in [6.07, 6.45) is 11.9. The highest BCUT2D eigenvalue weighted by Crippen LogP contribution is 2.39. The summed E-state index contributed by atoms with van der Waals surface area (Å²) in [5.41, 5.74) is 0. The Hall–Kier alpha value is -0.0400. The molecule has 3 unspecified atom stereocenters. The van der Waals surface area contributed by atoms with E-state index in [0.717, 1.165) is 17.9 Å². The van der Waals surface area contributed by atoms with Gasteiger partial charge in [-0.2, -0.15) is 0 Å². The Balaban J connectivity index is 1.91. The molecule has 76 valence electrons. The van der Waals surface area contributed by atoms with Crippen molar-refractivity contribution in [1.82, 2.24) is 5.32 Å². The van der Waals surface area contributed by atoms with E-state index in [-0.39, 0.29) is 0 Å². The Morgan fingerprint density at radius 1 is 0.846 bits per heavy atom. The van der Waals surface area contributed by atoms with Gasteiger partial charge in [0.25, 0.3) is 0 Å². The van der Waals surface area contributed by atoms with Crippen molar-refractivity contribution in [2.75, 3.05) is 7.05 Å². The fraction of sp³-hybridized carbons (Fsp3) is 1.00. The fourth-order valence-electron chi connectivity index (χ4n) is 3.31. The zero-order valence-electron chi connectivity index (χ0n) is 8.89. The molecule has 0 aliphatic heterocycles. The molecule has 3 atom stereocenters. The third-order valence-corrected chi connectivity index (χ3v) is 4.20. The molecule has 0 aromatic carbocycles. The van der Waals surface area contributed by atoms with E-state index in [1.807, 2.05) is 0 Å². The van der Waals surface area contributed by atoms with Crippen molar-refractivity contribution >= 4 is 0 Å². The van der Waals surface area contributed by atoms with Crippen molar-refractivity contribution in [2.24, 2.45) is 11.8 Å². The average molecular weight is 181 g/mol. The van der Waals surface area contributed by atoms with Gasteiger partial charge in [0.2, 0.25) is 0 Å². The van der Waals surface area contributed by atoms with E-state index in [1.54, 1.807) is 0 Å². The van der Waals surface area contributed by atoms with Crippen LogP contribution in [0.1, 0.15) is 51.4 Å². The number of nitrogens with one attached hydrogen (secondary N) is 1. The van der Waals surface area contributed by atoms with Crippen LogP contribution >= 0.6 is 0 Å². The van der Waals surface area contributed by atoms with Gasteiger partial charge in [-0.15, -0.1) is 0 Å². The van der Waals surface area contributed by atoms with Gasteiger partial charge in [-0.05, 0) is 38.1 Å². The number of fused-ring (bicyclic) bond motifs is 1. The topological polar surface area (TPSA) is 12.0 Å². The van der Waals surface area contributed by atoms with Crippen LogP contribution in [0.2, 0.25) is 0 Å². The van der Waals surface area contributed by atoms with Crippen LogP contribution in [0, 0.1) is 11.8 Å². The number of hydrogen-bond donors (Lipinski definition) is 1. The predicted molar refractivity (Wildman–Crippen MR) is 56.8 cm³/mol. The third kappa shape index (κ3) is 2.25. The first kappa shape index (κ1) is 9.51.